The van der Waals surface area contributed by atoms with Gasteiger partial charge in [-0.2, -0.15) is 0 Å². The van der Waals surface area contributed by atoms with Crippen LogP contribution in [0.1, 0.15) is 37.9 Å². The number of halogens is 1. The van der Waals surface area contributed by atoms with Crippen LogP contribution in [0.25, 0.3) is 0 Å². The smallest absolute Gasteiger partial charge is 0.153 e. The van der Waals surface area contributed by atoms with Crippen molar-refractivity contribution in [3.05, 3.63) is 10.3 Å². The topological polar surface area (TPSA) is 56.7 Å². The largest absolute Gasteiger partial charge is 0.322 e. The molecule has 0 amide bonds. The number of aryl methyl sites for hydroxylation is 1. The highest BCUT2D eigenvalue weighted by atomic mass is 79.9. The number of hydrogen-bond donors (Lipinski definition) is 1. The Balaban J connectivity index is 2.23. The lowest BCUT2D eigenvalue weighted by Gasteiger charge is -2.23. The maximum Gasteiger partial charge on any atom is 0.153 e. The van der Waals surface area contributed by atoms with E-state index in [1.54, 1.807) is 4.68 Å². The predicted molar refractivity (Wildman–Crippen MR) is 62.1 cm³/mol. The monoisotopic (exact) mass is 272 g/mol. The molecule has 1 fully saturated rings. The Morgan fingerprint density at radius 1 is 1.53 bits per heavy atom. The molecule has 1 aliphatic rings. The Labute approximate surface area is 98.3 Å². The summed E-state index contributed by atoms with van der Waals surface area (Å²) in [5, 5.41) is 7.96. The van der Waals surface area contributed by atoms with Gasteiger partial charge in [0.25, 0.3) is 0 Å². The molecule has 84 valence electrons. The Kier molecular flexibility index (Phi) is 3.11. The maximum absolute atomic E-state index is 6.31. The van der Waals surface area contributed by atoms with E-state index < -0.39 is 0 Å². The van der Waals surface area contributed by atoms with Gasteiger partial charge in [0.2, 0.25) is 0 Å². The molecule has 1 aromatic heterocycles. The van der Waals surface area contributed by atoms with Gasteiger partial charge in [0.05, 0.1) is 11.7 Å². The van der Waals surface area contributed by atoms with Crippen molar-refractivity contribution in [2.75, 3.05) is 0 Å². The molecule has 0 saturated heterocycles. The van der Waals surface area contributed by atoms with Gasteiger partial charge in [-0.3, -0.25) is 0 Å². The van der Waals surface area contributed by atoms with Crippen molar-refractivity contribution in [3.8, 4) is 0 Å². The Hall–Kier alpha value is -0.420. The van der Waals surface area contributed by atoms with Crippen molar-refractivity contribution in [2.45, 2.75) is 32.2 Å². The van der Waals surface area contributed by atoms with E-state index in [9.17, 15) is 0 Å². The molecule has 0 aromatic carbocycles. The fourth-order valence-electron chi connectivity index (χ4n) is 2.60. The molecule has 0 bridgehead atoms. The summed E-state index contributed by atoms with van der Waals surface area (Å²) in [6.07, 6.45) is 3.81. The van der Waals surface area contributed by atoms with Crippen molar-refractivity contribution >= 4 is 15.9 Å². The molecular weight excluding hydrogens is 256 g/mol. The molecule has 3 unspecified atom stereocenters. The standard InChI is InChI=1S/C10H17BrN4/c1-6-4-3-5-7(6)8(12)9-10(11)13-14-15(9)2/h6-8H,3-5,12H2,1-2H3. The molecule has 1 aromatic rings. The predicted octanol–water partition coefficient (Wildman–Crippen LogP) is 2.01. The summed E-state index contributed by atoms with van der Waals surface area (Å²) >= 11 is 3.41. The summed E-state index contributed by atoms with van der Waals surface area (Å²) in [6.45, 7) is 2.29. The quantitative estimate of drug-likeness (QED) is 0.896. The second kappa shape index (κ2) is 4.22. The van der Waals surface area contributed by atoms with Crippen LogP contribution in [0.15, 0.2) is 4.60 Å². The van der Waals surface area contributed by atoms with Crippen LogP contribution in [0.2, 0.25) is 0 Å². The Morgan fingerprint density at radius 2 is 2.27 bits per heavy atom. The van der Waals surface area contributed by atoms with Gasteiger partial charge in [-0.15, -0.1) is 5.10 Å². The minimum atomic E-state index is 0.0527. The minimum absolute atomic E-state index is 0.0527. The molecule has 0 radical (unpaired) electrons. The number of nitrogens with zero attached hydrogens (tertiary/aromatic N) is 3. The molecule has 1 saturated carbocycles. The summed E-state index contributed by atoms with van der Waals surface area (Å²) in [6, 6.07) is 0.0527. The fourth-order valence-corrected chi connectivity index (χ4v) is 3.19. The molecule has 0 aliphatic heterocycles. The Morgan fingerprint density at radius 3 is 2.73 bits per heavy atom. The molecule has 3 atom stereocenters. The molecule has 4 nitrogen and oxygen atoms in total. The van der Waals surface area contributed by atoms with Crippen LogP contribution in [0.4, 0.5) is 0 Å². The highest BCUT2D eigenvalue weighted by molar-refractivity contribution is 9.10. The third kappa shape index (κ3) is 1.95. The van der Waals surface area contributed by atoms with Crippen LogP contribution in [0.3, 0.4) is 0 Å². The van der Waals surface area contributed by atoms with Gasteiger partial charge >= 0.3 is 0 Å². The van der Waals surface area contributed by atoms with Gasteiger partial charge in [0.1, 0.15) is 0 Å². The minimum Gasteiger partial charge on any atom is -0.322 e. The van der Waals surface area contributed by atoms with E-state index in [0.717, 1.165) is 10.3 Å². The first-order valence-corrected chi connectivity index (χ1v) is 6.21. The summed E-state index contributed by atoms with van der Waals surface area (Å²) in [4.78, 5) is 0. The highest BCUT2D eigenvalue weighted by Gasteiger charge is 2.32. The summed E-state index contributed by atoms with van der Waals surface area (Å²) in [7, 11) is 1.90. The lowest BCUT2D eigenvalue weighted by atomic mass is 9.89. The van der Waals surface area contributed by atoms with Crippen molar-refractivity contribution < 1.29 is 0 Å². The normalized spacial score (nSPS) is 28.3. The first-order valence-electron chi connectivity index (χ1n) is 5.42. The van der Waals surface area contributed by atoms with Crippen molar-refractivity contribution in [3.63, 3.8) is 0 Å². The van der Waals surface area contributed by atoms with Gasteiger partial charge in [-0.1, -0.05) is 25.0 Å². The number of rotatable bonds is 2. The molecule has 2 rings (SSSR count). The second-order valence-corrected chi connectivity index (χ2v) is 5.24. The van der Waals surface area contributed by atoms with Crippen LogP contribution < -0.4 is 5.73 Å². The average molecular weight is 273 g/mol. The fraction of sp³-hybridized carbons (Fsp3) is 0.800. The van der Waals surface area contributed by atoms with Crippen LogP contribution in [-0.2, 0) is 7.05 Å². The molecule has 15 heavy (non-hydrogen) atoms. The molecule has 2 N–H and O–H groups in total. The average Bonchev–Trinajstić information content (AvgIpc) is 2.73. The Bertz CT molecular complexity index is 330. The zero-order chi connectivity index (χ0) is 11.0. The summed E-state index contributed by atoms with van der Waals surface area (Å²) in [5.41, 5.74) is 7.33. The lowest BCUT2D eigenvalue weighted by molar-refractivity contribution is 0.338. The molecule has 1 heterocycles. The lowest BCUT2D eigenvalue weighted by Crippen LogP contribution is -2.25. The number of aromatic nitrogens is 3. The van der Waals surface area contributed by atoms with Crippen LogP contribution in [0, 0.1) is 11.8 Å². The van der Waals surface area contributed by atoms with E-state index in [2.05, 4.69) is 33.2 Å². The third-order valence-corrected chi connectivity index (χ3v) is 4.10. The van der Waals surface area contributed by atoms with Crippen LogP contribution in [-0.4, -0.2) is 15.0 Å². The molecule has 5 heteroatoms. The summed E-state index contributed by atoms with van der Waals surface area (Å²) in [5.74, 6) is 1.28. The third-order valence-electron chi connectivity index (χ3n) is 3.53. The maximum atomic E-state index is 6.31. The molecular formula is C10H17BrN4. The number of hydrogen-bond acceptors (Lipinski definition) is 3. The van der Waals surface area contributed by atoms with Crippen molar-refractivity contribution in [1.82, 2.24) is 15.0 Å². The van der Waals surface area contributed by atoms with E-state index in [-0.39, 0.29) is 6.04 Å². The van der Waals surface area contributed by atoms with E-state index in [1.165, 1.54) is 19.3 Å². The SMILES string of the molecule is CC1CCCC1C(N)c1c(Br)nnn1C. The first kappa shape index (κ1) is 11.1. The van der Waals surface area contributed by atoms with E-state index in [0.29, 0.717) is 11.8 Å². The van der Waals surface area contributed by atoms with Crippen LogP contribution >= 0.6 is 15.9 Å². The van der Waals surface area contributed by atoms with Gasteiger partial charge in [-0.05, 0) is 34.2 Å². The first-order chi connectivity index (χ1) is 7.11. The van der Waals surface area contributed by atoms with E-state index in [1.807, 2.05) is 7.05 Å². The van der Waals surface area contributed by atoms with Crippen LogP contribution in [0.5, 0.6) is 0 Å². The second-order valence-electron chi connectivity index (χ2n) is 4.49. The molecule has 0 spiro atoms. The van der Waals surface area contributed by atoms with Gasteiger partial charge in [-0.25, -0.2) is 4.68 Å². The zero-order valence-corrected chi connectivity index (χ0v) is 10.7. The van der Waals surface area contributed by atoms with Gasteiger partial charge in [0, 0.05) is 7.05 Å². The molecule has 1 aliphatic carbocycles. The number of nitrogens with two attached hydrogens (primary N) is 1. The van der Waals surface area contributed by atoms with Crippen molar-refractivity contribution in [1.29, 1.82) is 0 Å². The van der Waals surface area contributed by atoms with E-state index >= 15 is 0 Å². The van der Waals surface area contributed by atoms with E-state index in [4.69, 9.17) is 5.73 Å². The zero-order valence-electron chi connectivity index (χ0n) is 9.15. The van der Waals surface area contributed by atoms with Crippen molar-refractivity contribution in [2.24, 2.45) is 24.6 Å². The summed E-state index contributed by atoms with van der Waals surface area (Å²) < 4.78 is 2.57. The van der Waals surface area contributed by atoms with Gasteiger partial charge in [0.15, 0.2) is 4.60 Å². The highest BCUT2D eigenvalue weighted by Crippen LogP contribution is 2.39. The van der Waals surface area contributed by atoms with Gasteiger partial charge < -0.3 is 5.73 Å².